The molecule has 0 aliphatic heterocycles. The van der Waals surface area contributed by atoms with Gasteiger partial charge in [-0.15, -0.1) is 6.42 Å². The van der Waals surface area contributed by atoms with E-state index < -0.39 is 0 Å². The van der Waals surface area contributed by atoms with Crippen LogP contribution in [0.3, 0.4) is 0 Å². The van der Waals surface area contributed by atoms with Crippen molar-refractivity contribution in [3.05, 3.63) is 54.1 Å². The summed E-state index contributed by atoms with van der Waals surface area (Å²) in [6.07, 6.45) is 5.29. The minimum absolute atomic E-state index is 0.207. The van der Waals surface area contributed by atoms with Gasteiger partial charge in [-0.1, -0.05) is 12.0 Å². The summed E-state index contributed by atoms with van der Waals surface area (Å²) in [7, 11) is 0. The fourth-order valence-corrected chi connectivity index (χ4v) is 1.29. The Morgan fingerprint density at radius 2 is 1.65 bits per heavy atom. The molecule has 0 spiro atoms. The molecule has 0 bridgehead atoms. The van der Waals surface area contributed by atoms with Crippen molar-refractivity contribution < 1.29 is 5.11 Å². The molecular weight excluding hydrogens is 212 g/mol. The first-order valence-corrected chi connectivity index (χ1v) is 5.05. The summed E-state index contributed by atoms with van der Waals surface area (Å²) in [6.45, 7) is 0. The molecule has 0 aromatic heterocycles. The minimum atomic E-state index is 0.207. The van der Waals surface area contributed by atoms with Crippen LogP contribution >= 0.6 is 0 Å². The van der Waals surface area contributed by atoms with Gasteiger partial charge in [0.25, 0.3) is 0 Å². The van der Waals surface area contributed by atoms with Gasteiger partial charge < -0.3 is 5.11 Å². The van der Waals surface area contributed by atoms with Crippen molar-refractivity contribution in [3.8, 4) is 18.1 Å². The average molecular weight is 222 g/mol. The highest BCUT2D eigenvalue weighted by molar-refractivity contribution is 5.46. The number of terminal acetylenes is 1. The van der Waals surface area contributed by atoms with Gasteiger partial charge in [0.2, 0.25) is 0 Å². The first kappa shape index (κ1) is 10.9. The standard InChI is InChI=1S/C14H10N2O/c1-2-11-4-3-5-13(10-11)16-15-12-6-8-14(17)9-7-12/h1,3-10,17H. The largest absolute Gasteiger partial charge is 0.508 e. The summed E-state index contributed by atoms with van der Waals surface area (Å²) >= 11 is 0. The molecule has 0 amide bonds. The van der Waals surface area contributed by atoms with E-state index in [9.17, 15) is 0 Å². The van der Waals surface area contributed by atoms with Crippen LogP contribution in [0.4, 0.5) is 11.4 Å². The number of benzene rings is 2. The third-order valence-electron chi connectivity index (χ3n) is 2.14. The summed E-state index contributed by atoms with van der Waals surface area (Å²) < 4.78 is 0. The van der Waals surface area contributed by atoms with Gasteiger partial charge in [-0.2, -0.15) is 10.2 Å². The molecule has 0 saturated carbocycles. The van der Waals surface area contributed by atoms with Crippen LogP contribution in [-0.2, 0) is 0 Å². The number of phenolic OH excluding ortho intramolecular Hbond substituents is 1. The average Bonchev–Trinajstić information content (AvgIpc) is 2.38. The lowest BCUT2D eigenvalue weighted by Crippen LogP contribution is -1.71. The number of phenols is 1. The van der Waals surface area contributed by atoms with Crippen molar-refractivity contribution in [2.75, 3.05) is 0 Å². The van der Waals surface area contributed by atoms with E-state index in [1.54, 1.807) is 30.3 Å². The number of aromatic hydroxyl groups is 1. The van der Waals surface area contributed by atoms with E-state index >= 15 is 0 Å². The van der Waals surface area contributed by atoms with Gasteiger partial charge in [0.15, 0.2) is 0 Å². The molecule has 2 aromatic rings. The van der Waals surface area contributed by atoms with E-state index in [1.165, 1.54) is 0 Å². The van der Waals surface area contributed by atoms with E-state index in [-0.39, 0.29) is 5.75 Å². The normalized spacial score (nSPS) is 10.3. The molecule has 0 heterocycles. The van der Waals surface area contributed by atoms with E-state index in [0.717, 1.165) is 5.56 Å². The number of nitrogens with zero attached hydrogens (tertiary/aromatic N) is 2. The molecule has 2 rings (SSSR count). The van der Waals surface area contributed by atoms with Crippen LogP contribution in [-0.4, -0.2) is 5.11 Å². The van der Waals surface area contributed by atoms with Gasteiger partial charge in [-0.25, -0.2) is 0 Å². The first-order valence-electron chi connectivity index (χ1n) is 5.05. The van der Waals surface area contributed by atoms with Crippen LogP contribution in [0.25, 0.3) is 0 Å². The van der Waals surface area contributed by atoms with Gasteiger partial charge in [0, 0.05) is 5.56 Å². The lowest BCUT2D eigenvalue weighted by molar-refractivity contribution is 0.475. The van der Waals surface area contributed by atoms with Crippen LogP contribution in [0.1, 0.15) is 5.56 Å². The first-order chi connectivity index (χ1) is 8.28. The van der Waals surface area contributed by atoms with Crippen LogP contribution in [0.15, 0.2) is 58.8 Å². The number of azo groups is 1. The third kappa shape index (κ3) is 2.93. The zero-order valence-corrected chi connectivity index (χ0v) is 9.04. The molecule has 0 atom stereocenters. The van der Waals surface area contributed by atoms with Crippen LogP contribution in [0.2, 0.25) is 0 Å². The third-order valence-corrected chi connectivity index (χ3v) is 2.14. The molecule has 0 aliphatic carbocycles. The molecule has 3 nitrogen and oxygen atoms in total. The van der Waals surface area contributed by atoms with Gasteiger partial charge in [-0.05, 0) is 42.5 Å². The summed E-state index contributed by atoms with van der Waals surface area (Å²) in [5.41, 5.74) is 2.15. The molecule has 0 unspecified atom stereocenters. The van der Waals surface area contributed by atoms with E-state index in [0.29, 0.717) is 11.4 Å². The molecule has 0 saturated heterocycles. The van der Waals surface area contributed by atoms with Gasteiger partial charge in [0.1, 0.15) is 5.75 Å². The van der Waals surface area contributed by atoms with E-state index in [1.807, 2.05) is 18.2 Å². The Labute approximate surface area is 99.5 Å². The maximum Gasteiger partial charge on any atom is 0.115 e. The minimum Gasteiger partial charge on any atom is -0.508 e. The predicted octanol–water partition coefficient (Wildman–Crippen LogP) is 3.79. The van der Waals surface area contributed by atoms with Crippen molar-refractivity contribution in [2.45, 2.75) is 0 Å². The molecule has 0 radical (unpaired) electrons. The zero-order valence-electron chi connectivity index (χ0n) is 9.04. The smallest absolute Gasteiger partial charge is 0.115 e. The topological polar surface area (TPSA) is 45.0 Å². The number of rotatable bonds is 2. The Morgan fingerprint density at radius 3 is 2.35 bits per heavy atom. The lowest BCUT2D eigenvalue weighted by Gasteiger charge is -1.95. The van der Waals surface area contributed by atoms with Crippen LogP contribution in [0.5, 0.6) is 5.75 Å². The lowest BCUT2D eigenvalue weighted by atomic mass is 10.2. The molecular formula is C14H10N2O. The molecule has 0 aliphatic rings. The molecule has 17 heavy (non-hydrogen) atoms. The maximum atomic E-state index is 9.12. The molecule has 1 N–H and O–H groups in total. The van der Waals surface area contributed by atoms with Gasteiger partial charge in [-0.3, -0.25) is 0 Å². The Hall–Kier alpha value is -2.60. The Morgan fingerprint density at radius 1 is 0.941 bits per heavy atom. The fourth-order valence-electron chi connectivity index (χ4n) is 1.29. The summed E-state index contributed by atoms with van der Waals surface area (Å²) in [5, 5.41) is 17.2. The Bertz CT molecular complexity index is 580. The van der Waals surface area contributed by atoms with Crippen molar-refractivity contribution in [1.82, 2.24) is 0 Å². The summed E-state index contributed by atoms with van der Waals surface area (Å²) in [6, 6.07) is 13.8. The number of hydrogen-bond acceptors (Lipinski definition) is 3. The van der Waals surface area contributed by atoms with Crippen molar-refractivity contribution in [1.29, 1.82) is 0 Å². The van der Waals surface area contributed by atoms with Gasteiger partial charge in [0.05, 0.1) is 11.4 Å². The van der Waals surface area contributed by atoms with E-state index in [2.05, 4.69) is 16.1 Å². The molecule has 2 aromatic carbocycles. The Kier molecular flexibility index (Phi) is 3.18. The van der Waals surface area contributed by atoms with Crippen LogP contribution < -0.4 is 0 Å². The fraction of sp³-hybridized carbons (Fsp3) is 0. The summed E-state index contributed by atoms with van der Waals surface area (Å²) in [5.74, 6) is 2.75. The van der Waals surface area contributed by atoms with Crippen LogP contribution in [0, 0.1) is 12.3 Å². The SMILES string of the molecule is C#Cc1cccc(N=Nc2ccc(O)cc2)c1. The summed E-state index contributed by atoms with van der Waals surface area (Å²) in [4.78, 5) is 0. The highest BCUT2D eigenvalue weighted by atomic mass is 16.3. The predicted molar refractivity (Wildman–Crippen MR) is 66.7 cm³/mol. The second-order valence-electron chi connectivity index (χ2n) is 3.41. The van der Waals surface area contributed by atoms with Gasteiger partial charge >= 0.3 is 0 Å². The highest BCUT2D eigenvalue weighted by Crippen LogP contribution is 2.20. The monoisotopic (exact) mass is 222 g/mol. The van der Waals surface area contributed by atoms with Crippen molar-refractivity contribution >= 4 is 11.4 Å². The molecule has 0 fully saturated rings. The Balaban J connectivity index is 2.20. The quantitative estimate of drug-likeness (QED) is 0.609. The highest BCUT2D eigenvalue weighted by Gasteiger charge is 1.93. The zero-order chi connectivity index (χ0) is 12.1. The van der Waals surface area contributed by atoms with E-state index in [4.69, 9.17) is 11.5 Å². The molecule has 3 heteroatoms. The van der Waals surface area contributed by atoms with Crippen molar-refractivity contribution in [3.63, 3.8) is 0 Å². The number of hydrogen-bond donors (Lipinski definition) is 1. The second kappa shape index (κ2) is 4.95. The molecule has 82 valence electrons. The van der Waals surface area contributed by atoms with Crippen molar-refractivity contribution in [2.24, 2.45) is 10.2 Å². The second-order valence-corrected chi connectivity index (χ2v) is 3.41. The maximum absolute atomic E-state index is 9.12.